The van der Waals surface area contributed by atoms with Crippen molar-refractivity contribution in [2.45, 2.75) is 13.2 Å². The largest absolute Gasteiger partial charge is 0.395 e. The molecule has 3 heterocycles. The summed E-state index contributed by atoms with van der Waals surface area (Å²) in [6, 6.07) is 7.56. The summed E-state index contributed by atoms with van der Waals surface area (Å²) in [5.41, 5.74) is 7.05. The maximum Gasteiger partial charge on any atom is 0.230 e. The van der Waals surface area contributed by atoms with Crippen LogP contribution in [0.2, 0.25) is 0 Å². The van der Waals surface area contributed by atoms with Gasteiger partial charge in [-0.3, -0.25) is 4.79 Å². The van der Waals surface area contributed by atoms with E-state index in [9.17, 15) is 9.18 Å². The van der Waals surface area contributed by atoms with Crippen molar-refractivity contribution in [2.24, 2.45) is 5.41 Å². The minimum atomic E-state index is -0.901. The Morgan fingerprint density at radius 2 is 2.00 bits per heavy atom. The number of amides is 1. The number of nitrogens with one attached hydrogen (secondary N) is 2. The molecule has 3 aromatic rings. The SMILES string of the molecule is CC1(C(=O)NCCO)COC(c2nc(-c3ccc(F)cc3)c(-c3ccnc(N)n3)[nH]2)OC1. The first kappa shape index (κ1) is 21.8. The molecule has 0 unspecified atom stereocenters. The first-order chi connectivity index (χ1) is 15.4. The molecule has 1 saturated heterocycles. The molecule has 5 N–H and O–H groups in total. The summed E-state index contributed by atoms with van der Waals surface area (Å²) in [6.45, 7) is 1.91. The smallest absolute Gasteiger partial charge is 0.230 e. The van der Waals surface area contributed by atoms with Crippen molar-refractivity contribution in [1.82, 2.24) is 25.3 Å². The van der Waals surface area contributed by atoms with Gasteiger partial charge in [0.05, 0.1) is 42.3 Å². The second kappa shape index (κ2) is 8.99. The number of carbonyl (C=O) groups is 1. The highest BCUT2D eigenvalue weighted by molar-refractivity contribution is 5.82. The van der Waals surface area contributed by atoms with Crippen LogP contribution in [0.4, 0.5) is 10.3 Å². The third-order valence-electron chi connectivity index (χ3n) is 5.05. The van der Waals surface area contributed by atoms with Crippen molar-refractivity contribution in [3.8, 4) is 22.6 Å². The zero-order valence-corrected chi connectivity index (χ0v) is 17.3. The number of benzene rings is 1. The summed E-state index contributed by atoms with van der Waals surface area (Å²) in [6.07, 6.45) is 0.678. The number of imidazole rings is 1. The molecule has 1 aliphatic heterocycles. The minimum Gasteiger partial charge on any atom is -0.395 e. The van der Waals surface area contributed by atoms with Crippen molar-refractivity contribution in [3.63, 3.8) is 0 Å². The molecular weight excluding hydrogens is 419 g/mol. The van der Waals surface area contributed by atoms with E-state index in [4.69, 9.17) is 20.3 Å². The molecule has 168 valence electrons. The van der Waals surface area contributed by atoms with Crippen LogP contribution in [0.25, 0.3) is 22.6 Å². The minimum absolute atomic E-state index is 0.0945. The molecule has 1 aromatic carbocycles. The number of H-pyrrole nitrogens is 1. The molecule has 11 heteroatoms. The van der Waals surface area contributed by atoms with Crippen LogP contribution < -0.4 is 11.1 Å². The Balaban J connectivity index is 1.62. The summed E-state index contributed by atoms with van der Waals surface area (Å²) < 4.78 is 25.1. The Morgan fingerprint density at radius 3 is 2.66 bits per heavy atom. The van der Waals surface area contributed by atoms with Gasteiger partial charge in [-0.1, -0.05) is 0 Å². The topological polar surface area (TPSA) is 148 Å². The number of aromatic amines is 1. The van der Waals surface area contributed by atoms with Crippen molar-refractivity contribution in [1.29, 1.82) is 0 Å². The van der Waals surface area contributed by atoms with Crippen LogP contribution in [0.5, 0.6) is 0 Å². The van der Waals surface area contributed by atoms with E-state index in [0.717, 1.165) is 0 Å². The van der Waals surface area contributed by atoms with Crippen LogP contribution >= 0.6 is 0 Å². The van der Waals surface area contributed by atoms with Crippen LogP contribution in [0.3, 0.4) is 0 Å². The molecule has 0 atom stereocenters. The number of hydrogen-bond donors (Lipinski definition) is 4. The molecule has 1 amide bonds. The molecule has 0 aliphatic carbocycles. The van der Waals surface area contributed by atoms with Crippen LogP contribution in [0.15, 0.2) is 36.5 Å². The lowest BCUT2D eigenvalue weighted by Gasteiger charge is -2.35. The molecule has 32 heavy (non-hydrogen) atoms. The van der Waals surface area contributed by atoms with E-state index in [-0.39, 0.29) is 44.0 Å². The van der Waals surface area contributed by atoms with Crippen molar-refractivity contribution < 1.29 is 23.8 Å². The van der Waals surface area contributed by atoms with Gasteiger partial charge in [0.25, 0.3) is 0 Å². The third-order valence-corrected chi connectivity index (χ3v) is 5.05. The van der Waals surface area contributed by atoms with E-state index in [1.54, 1.807) is 25.1 Å². The fourth-order valence-electron chi connectivity index (χ4n) is 3.30. The van der Waals surface area contributed by atoms with Gasteiger partial charge in [0.2, 0.25) is 18.1 Å². The predicted octanol–water partition coefficient (Wildman–Crippen LogP) is 1.42. The molecule has 1 aliphatic rings. The van der Waals surface area contributed by atoms with Gasteiger partial charge in [-0.05, 0) is 37.3 Å². The number of carbonyl (C=O) groups excluding carboxylic acids is 1. The lowest BCUT2D eigenvalue weighted by molar-refractivity contribution is -0.231. The first-order valence-corrected chi connectivity index (χ1v) is 9.97. The molecule has 0 spiro atoms. The number of ether oxygens (including phenoxy) is 2. The highest BCUT2D eigenvalue weighted by atomic mass is 19.1. The highest BCUT2D eigenvalue weighted by Crippen LogP contribution is 2.35. The molecule has 4 rings (SSSR count). The standard InChI is InChI=1S/C21H23FN6O4/c1-21(19(30)24-8-9-29)10-31-18(32-11-21)17-27-15(12-2-4-13(22)5-3-12)16(28-17)14-6-7-25-20(23)26-14/h2-7,18,29H,8-11H2,1H3,(H,24,30)(H,27,28)(H2,23,25,26). The first-order valence-electron chi connectivity index (χ1n) is 9.97. The van der Waals surface area contributed by atoms with Gasteiger partial charge in [0, 0.05) is 18.3 Å². The number of nitrogens with zero attached hydrogens (tertiary/aromatic N) is 3. The highest BCUT2D eigenvalue weighted by Gasteiger charge is 2.40. The van der Waals surface area contributed by atoms with Gasteiger partial charge in [-0.15, -0.1) is 0 Å². The molecule has 0 bridgehead atoms. The van der Waals surface area contributed by atoms with E-state index in [2.05, 4.69) is 25.3 Å². The molecule has 10 nitrogen and oxygen atoms in total. The summed E-state index contributed by atoms with van der Waals surface area (Å²) >= 11 is 0. The molecule has 1 fully saturated rings. The summed E-state index contributed by atoms with van der Waals surface area (Å²) in [5, 5.41) is 11.5. The Morgan fingerprint density at radius 1 is 1.28 bits per heavy atom. The van der Waals surface area contributed by atoms with Gasteiger partial charge in [-0.25, -0.2) is 19.3 Å². The molecule has 0 radical (unpaired) electrons. The van der Waals surface area contributed by atoms with Crippen molar-refractivity contribution >= 4 is 11.9 Å². The average Bonchev–Trinajstić information content (AvgIpc) is 3.24. The fourth-order valence-corrected chi connectivity index (χ4v) is 3.30. The second-order valence-electron chi connectivity index (χ2n) is 7.65. The predicted molar refractivity (Wildman–Crippen MR) is 112 cm³/mol. The lowest BCUT2D eigenvalue weighted by atomic mass is 9.91. The number of halogens is 1. The number of anilines is 1. The second-order valence-corrected chi connectivity index (χ2v) is 7.65. The Hall–Kier alpha value is -3.41. The molecule has 2 aromatic heterocycles. The maximum absolute atomic E-state index is 13.4. The van der Waals surface area contributed by atoms with E-state index in [0.29, 0.717) is 28.5 Å². The number of nitrogens with two attached hydrogens (primary N) is 1. The lowest BCUT2D eigenvalue weighted by Crippen LogP contribution is -2.49. The van der Waals surface area contributed by atoms with Crippen LogP contribution in [-0.2, 0) is 14.3 Å². The quantitative estimate of drug-likeness (QED) is 0.448. The van der Waals surface area contributed by atoms with Crippen molar-refractivity contribution in [2.75, 3.05) is 32.1 Å². The van der Waals surface area contributed by atoms with Crippen molar-refractivity contribution in [3.05, 3.63) is 48.2 Å². The van der Waals surface area contributed by atoms with Gasteiger partial charge < -0.3 is 30.6 Å². The van der Waals surface area contributed by atoms with E-state index in [1.807, 2.05) is 0 Å². The molecular formula is C21H23FN6O4. The van der Waals surface area contributed by atoms with E-state index in [1.165, 1.54) is 18.3 Å². The normalized spacial score (nSPS) is 20.8. The van der Waals surface area contributed by atoms with Gasteiger partial charge in [0.15, 0.2) is 5.82 Å². The van der Waals surface area contributed by atoms with E-state index >= 15 is 0 Å². The Kier molecular flexibility index (Phi) is 6.12. The van der Waals surface area contributed by atoms with Crippen LogP contribution in [0.1, 0.15) is 19.0 Å². The number of aliphatic hydroxyl groups excluding tert-OH is 1. The monoisotopic (exact) mass is 442 g/mol. The number of rotatable bonds is 6. The Labute approximate surface area is 183 Å². The van der Waals surface area contributed by atoms with Crippen LogP contribution in [-0.4, -0.2) is 57.3 Å². The maximum atomic E-state index is 13.4. The number of aromatic nitrogens is 4. The zero-order valence-electron chi connectivity index (χ0n) is 17.3. The summed E-state index contributed by atoms with van der Waals surface area (Å²) in [5.74, 6) is -0.170. The number of nitrogen functional groups attached to an aromatic ring is 1. The Bertz CT molecular complexity index is 1100. The van der Waals surface area contributed by atoms with Crippen LogP contribution in [0, 0.1) is 11.2 Å². The zero-order chi connectivity index (χ0) is 22.7. The van der Waals surface area contributed by atoms with E-state index < -0.39 is 11.7 Å². The van der Waals surface area contributed by atoms with Gasteiger partial charge in [-0.2, -0.15) is 0 Å². The summed E-state index contributed by atoms with van der Waals surface area (Å²) in [4.78, 5) is 28.3. The van der Waals surface area contributed by atoms with Gasteiger partial charge >= 0.3 is 0 Å². The number of aliphatic hydroxyl groups is 1. The third kappa shape index (κ3) is 4.44. The van der Waals surface area contributed by atoms with Gasteiger partial charge in [0.1, 0.15) is 5.82 Å². The average molecular weight is 442 g/mol. The molecule has 0 saturated carbocycles. The summed E-state index contributed by atoms with van der Waals surface area (Å²) in [7, 11) is 0. The fraction of sp³-hybridized carbons (Fsp3) is 0.333. The number of hydrogen-bond acceptors (Lipinski definition) is 8.